The number of carbonyl (C=O) groups excluding carboxylic acids is 1. The van der Waals surface area contributed by atoms with E-state index in [1.165, 1.54) is 19.3 Å². The van der Waals surface area contributed by atoms with Crippen LogP contribution >= 0.6 is 0 Å². The molecule has 106 valence electrons. The Morgan fingerprint density at radius 3 is 2.53 bits per heavy atom. The molecule has 0 bridgehead atoms. The number of aryl methyl sites for hydroxylation is 1. The van der Waals surface area contributed by atoms with E-state index in [1.807, 2.05) is 17.7 Å². The van der Waals surface area contributed by atoms with Gasteiger partial charge < -0.3 is 5.32 Å². The fourth-order valence-electron chi connectivity index (χ4n) is 2.69. The zero-order chi connectivity index (χ0) is 14.0. The standard InChI is InChI=1S/C15H25N3O/c1-11-10-13(18(17-11)15(2,3)4)16-14(19)12-8-6-5-7-9-12/h10,12H,5-9H2,1-4H3,(H,16,19). The molecule has 1 aromatic heterocycles. The Morgan fingerprint density at radius 1 is 1.32 bits per heavy atom. The van der Waals surface area contributed by atoms with Crippen LogP contribution in [0.15, 0.2) is 6.07 Å². The van der Waals surface area contributed by atoms with Gasteiger partial charge in [-0.2, -0.15) is 5.10 Å². The van der Waals surface area contributed by atoms with Crippen LogP contribution < -0.4 is 5.32 Å². The number of carbonyl (C=O) groups is 1. The third-order valence-corrected chi connectivity index (χ3v) is 3.69. The van der Waals surface area contributed by atoms with Gasteiger partial charge in [-0.1, -0.05) is 19.3 Å². The van der Waals surface area contributed by atoms with Gasteiger partial charge in [0.25, 0.3) is 0 Å². The van der Waals surface area contributed by atoms with Crippen LogP contribution in [0.1, 0.15) is 58.6 Å². The van der Waals surface area contributed by atoms with Crippen molar-refractivity contribution in [3.05, 3.63) is 11.8 Å². The number of anilines is 1. The minimum atomic E-state index is -0.122. The van der Waals surface area contributed by atoms with Crippen molar-refractivity contribution in [3.8, 4) is 0 Å². The first-order valence-corrected chi connectivity index (χ1v) is 7.26. The molecule has 2 rings (SSSR count). The molecule has 1 amide bonds. The lowest BCUT2D eigenvalue weighted by Crippen LogP contribution is -2.30. The maximum atomic E-state index is 12.3. The van der Waals surface area contributed by atoms with Gasteiger partial charge in [0.1, 0.15) is 5.82 Å². The molecule has 1 aliphatic rings. The minimum Gasteiger partial charge on any atom is -0.311 e. The van der Waals surface area contributed by atoms with E-state index >= 15 is 0 Å². The third kappa shape index (κ3) is 3.37. The summed E-state index contributed by atoms with van der Waals surface area (Å²) in [6.45, 7) is 8.24. The molecule has 1 saturated carbocycles. The van der Waals surface area contributed by atoms with Gasteiger partial charge in [0, 0.05) is 12.0 Å². The Kier molecular flexibility index (Phi) is 3.97. The zero-order valence-electron chi connectivity index (χ0n) is 12.5. The second-order valence-electron chi connectivity index (χ2n) is 6.58. The van der Waals surface area contributed by atoms with Gasteiger partial charge in [0.15, 0.2) is 0 Å². The number of nitrogens with one attached hydrogen (secondary N) is 1. The molecular formula is C15H25N3O. The van der Waals surface area contributed by atoms with E-state index in [9.17, 15) is 4.79 Å². The van der Waals surface area contributed by atoms with Crippen LogP contribution in [0, 0.1) is 12.8 Å². The molecule has 4 heteroatoms. The number of amides is 1. The fourth-order valence-corrected chi connectivity index (χ4v) is 2.69. The van der Waals surface area contributed by atoms with E-state index in [4.69, 9.17) is 0 Å². The van der Waals surface area contributed by atoms with Gasteiger partial charge in [-0.05, 0) is 40.5 Å². The smallest absolute Gasteiger partial charge is 0.228 e. The summed E-state index contributed by atoms with van der Waals surface area (Å²) in [5, 5.41) is 7.55. The molecule has 0 unspecified atom stereocenters. The highest BCUT2D eigenvalue weighted by Gasteiger charge is 2.24. The number of hydrogen-bond donors (Lipinski definition) is 1. The summed E-state index contributed by atoms with van der Waals surface area (Å²) < 4.78 is 1.91. The molecule has 19 heavy (non-hydrogen) atoms. The van der Waals surface area contributed by atoms with Crippen LogP contribution in [0.5, 0.6) is 0 Å². The van der Waals surface area contributed by atoms with Crippen molar-refractivity contribution < 1.29 is 4.79 Å². The monoisotopic (exact) mass is 263 g/mol. The average molecular weight is 263 g/mol. The molecule has 1 N–H and O–H groups in total. The summed E-state index contributed by atoms with van der Waals surface area (Å²) in [4.78, 5) is 12.3. The van der Waals surface area contributed by atoms with Gasteiger partial charge in [-0.25, -0.2) is 4.68 Å². The maximum absolute atomic E-state index is 12.3. The van der Waals surface area contributed by atoms with Crippen molar-refractivity contribution >= 4 is 11.7 Å². The highest BCUT2D eigenvalue weighted by Crippen LogP contribution is 2.26. The summed E-state index contributed by atoms with van der Waals surface area (Å²) in [7, 11) is 0. The largest absolute Gasteiger partial charge is 0.311 e. The molecule has 1 fully saturated rings. The molecule has 4 nitrogen and oxygen atoms in total. The van der Waals surface area contributed by atoms with E-state index in [0.717, 1.165) is 24.4 Å². The Hall–Kier alpha value is -1.32. The van der Waals surface area contributed by atoms with Crippen LogP contribution in [0.2, 0.25) is 0 Å². The van der Waals surface area contributed by atoms with Crippen molar-refractivity contribution in [1.29, 1.82) is 0 Å². The SMILES string of the molecule is Cc1cc(NC(=O)C2CCCCC2)n(C(C)(C)C)n1. The van der Waals surface area contributed by atoms with Gasteiger partial charge in [-0.15, -0.1) is 0 Å². The molecule has 0 atom stereocenters. The van der Waals surface area contributed by atoms with Gasteiger partial charge in [0.05, 0.1) is 11.2 Å². The van der Waals surface area contributed by atoms with Crippen LogP contribution in [-0.2, 0) is 10.3 Å². The predicted octanol–water partition coefficient (Wildman–Crippen LogP) is 3.47. The lowest BCUT2D eigenvalue weighted by molar-refractivity contribution is -0.120. The highest BCUT2D eigenvalue weighted by atomic mass is 16.2. The fraction of sp³-hybridized carbons (Fsp3) is 0.733. The molecule has 0 aromatic carbocycles. The van der Waals surface area contributed by atoms with E-state index in [2.05, 4.69) is 31.2 Å². The van der Waals surface area contributed by atoms with E-state index < -0.39 is 0 Å². The minimum absolute atomic E-state index is 0.122. The lowest BCUT2D eigenvalue weighted by Gasteiger charge is -2.24. The first-order valence-electron chi connectivity index (χ1n) is 7.26. The summed E-state index contributed by atoms with van der Waals surface area (Å²) in [6, 6.07) is 1.95. The summed E-state index contributed by atoms with van der Waals surface area (Å²) >= 11 is 0. The molecule has 0 aliphatic heterocycles. The average Bonchev–Trinajstić information content (AvgIpc) is 2.71. The Labute approximate surface area is 115 Å². The van der Waals surface area contributed by atoms with Crippen LogP contribution in [-0.4, -0.2) is 15.7 Å². The lowest BCUT2D eigenvalue weighted by atomic mass is 9.89. The maximum Gasteiger partial charge on any atom is 0.228 e. The first kappa shape index (κ1) is 14.1. The highest BCUT2D eigenvalue weighted by molar-refractivity contribution is 5.91. The van der Waals surface area contributed by atoms with E-state index in [0.29, 0.717) is 0 Å². The first-order chi connectivity index (χ1) is 8.88. The molecule has 0 radical (unpaired) electrons. The van der Waals surface area contributed by atoms with Crippen LogP contribution in [0.25, 0.3) is 0 Å². The molecule has 0 saturated heterocycles. The van der Waals surface area contributed by atoms with Crippen LogP contribution in [0.3, 0.4) is 0 Å². The predicted molar refractivity (Wildman–Crippen MR) is 77.2 cm³/mol. The second kappa shape index (κ2) is 5.35. The van der Waals surface area contributed by atoms with Crippen molar-refractivity contribution in [1.82, 2.24) is 9.78 Å². The van der Waals surface area contributed by atoms with Gasteiger partial charge in [-0.3, -0.25) is 4.79 Å². The summed E-state index contributed by atoms with van der Waals surface area (Å²) in [5.74, 6) is 1.16. The normalized spacial score (nSPS) is 17.5. The zero-order valence-corrected chi connectivity index (χ0v) is 12.5. The Bertz CT molecular complexity index is 450. The molecule has 0 spiro atoms. The van der Waals surface area contributed by atoms with E-state index in [1.54, 1.807) is 0 Å². The van der Waals surface area contributed by atoms with E-state index in [-0.39, 0.29) is 17.4 Å². The molecule has 1 aliphatic carbocycles. The van der Waals surface area contributed by atoms with Gasteiger partial charge in [0.2, 0.25) is 5.91 Å². The van der Waals surface area contributed by atoms with Gasteiger partial charge >= 0.3 is 0 Å². The van der Waals surface area contributed by atoms with Crippen molar-refractivity contribution in [2.24, 2.45) is 5.92 Å². The molecule has 1 heterocycles. The molecule has 1 aromatic rings. The second-order valence-corrected chi connectivity index (χ2v) is 6.58. The topological polar surface area (TPSA) is 46.9 Å². The number of rotatable bonds is 2. The quantitative estimate of drug-likeness (QED) is 0.888. The van der Waals surface area contributed by atoms with Crippen molar-refractivity contribution in [3.63, 3.8) is 0 Å². The number of aromatic nitrogens is 2. The van der Waals surface area contributed by atoms with Crippen LogP contribution in [0.4, 0.5) is 5.82 Å². The third-order valence-electron chi connectivity index (χ3n) is 3.69. The number of hydrogen-bond acceptors (Lipinski definition) is 2. The Morgan fingerprint density at radius 2 is 1.95 bits per heavy atom. The Balaban J connectivity index is 2.12. The summed E-state index contributed by atoms with van der Waals surface area (Å²) in [6.07, 6.45) is 5.66. The van der Waals surface area contributed by atoms with Crippen molar-refractivity contribution in [2.45, 2.75) is 65.3 Å². The number of nitrogens with zero attached hydrogens (tertiary/aromatic N) is 2. The van der Waals surface area contributed by atoms with Crippen molar-refractivity contribution in [2.75, 3.05) is 5.32 Å². The summed E-state index contributed by atoms with van der Waals surface area (Å²) in [5.41, 5.74) is 0.817. The molecular weight excluding hydrogens is 238 g/mol.